The fraction of sp³-hybridized carbons (Fsp3) is 0.571. The van der Waals surface area contributed by atoms with E-state index in [4.69, 9.17) is 0 Å². The molecule has 0 atom stereocenters. The molecule has 6 nitrogen and oxygen atoms in total. The molecule has 0 spiro atoms. The predicted octanol–water partition coefficient (Wildman–Crippen LogP) is 2.69. The lowest BCUT2D eigenvalue weighted by Crippen LogP contribution is -2.05. The molecule has 0 aliphatic carbocycles. The Kier molecular flexibility index (Phi) is 4.38. The minimum atomic E-state index is 0.676. The van der Waals surface area contributed by atoms with Gasteiger partial charge in [0.15, 0.2) is 5.16 Å². The number of hydrogen-bond acceptors (Lipinski definition) is 6. The van der Waals surface area contributed by atoms with Gasteiger partial charge in [0.05, 0.1) is 0 Å². The van der Waals surface area contributed by atoms with Gasteiger partial charge in [0.25, 0.3) is 0 Å². The number of hydrogen-bond donors (Lipinski definition) is 1. The summed E-state index contributed by atoms with van der Waals surface area (Å²) in [6.07, 6.45) is 4.70. The maximum absolute atomic E-state index is 4.53. The summed E-state index contributed by atoms with van der Waals surface area (Å²) in [5.41, 5.74) is 0.957. The van der Waals surface area contributed by atoms with Crippen molar-refractivity contribution < 1.29 is 0 Å². The molecule has 0 bridgehead atoms. The third-order valence-electron chi connectivity index (χ3n) is 3.44. The molecule has 0 saturated carbocycles. The van der Waals surface area contributed by atoms with E-state index >= 15 is 0 Å². The highest BCUT2D eigenvalue weighted by atomic mass is 32.2. The van der Waals surface area contributed by atoms with E-state index in [-0.39, 0.29) is 0 Å². The zero-order chi connectivity index (χ0) is 14.7. The van der Waals surface area contributed by atoms with E-state index < -0.39 is 0 Å². The zero-order valence-electron chi connectivity index (χ0n) is 12.5. The number of anilines is 1. The molecule has 0 fully saturated rings. The Morgan fingerprint density at radius 2 is 2.14 bits per heavy atom. The molecule has 1 aliphatic heterocycles. The molecule has 1 N–H and O–H groups in total. The average molecular weight is 304 g/mol. The van der Waals surface area contributed by atoms with Crippen molar-refractivity contribution in [2.24, 2.45) is 0 Å². The second-order valence-corrected chi connectivity index (χ2v) is 6.15. The van der Waals surface area contributed by atoms with Crippen molar-refractivity contribution in [1.82, 2.24) is 24.7 Å². The second kappa shape index (κ2) is 6.43. The second-order valence-electron chi connectivity index (χ2n) is 5.16. The van der Waals surface area contributed by atoms with Crippen molar-refractivity contribution >= 4 is 17.7 Å². The summed E-state index contributed by atoms with van der Waals surface area (Å²) in [7, 11) is 0. The van der Waals surface area contributed by atoms with Crippen molar-refractivity contribution in [3.05, 3.63) is 17.6 Å². The quantitative estimate of drug-likeness (QED) is 0.876. The summed E-state index contributed by atoms with van der Waals surface area (Å²) < 4.78 is 2.24. The van der Waals surface area contributed by atoms with Crippen LogP contribution in [0.2, 0.25) is 0 Å². The van der Waals surface area contributed by atoms with Crippen molar-refractivity contribution in [2.45, 2.75) is 56.3 Å². The highest BCUT2D eigenvalue weighted by Gasteiger charge is 2.16. The minimum absolute atomic E-state index is 0.676. The van der Waals surface area contributed by atoms with Crippen molar-refractivity contribution in [2.75, 3.05) is 11.9 Å². The molecular weight excluding hydrogens is 284 g/mol. The molecule has 2 aromatic heterocycles. The van der Waals surface area contributed by atoms with Crippen LogP contribution in [0.5, 0.6) is 0 Å². The fourth-order valence-electron chi connectivity index (χ4n) is 2.46. The number of aromatic nitrogens is 5. The summed E-state index contributed by atoms with van der Waals surface area (Å²) in [5, 5.41) is 13.7. The van der Waals surface area contributed by atoms with E-state index in [2.05, 4.69) is 30.0 Å². The van der Waals surface area contributed by atoms with Gasteiger partial charge in [0.2, 0.25) is 5.95 Å². The maximum Gasteiger partial charge on any atom is 0.223 e. The van der Waals surface area contributed by atoms with E-state index in [1.807, 2.05) is 19.9 Å². The van der Waals surface area contributed by atoms with Gasteiger partial charge in [-0.15, -0.1) is 10.2 Å². The standard InChI is InChI=1S/C14H20N6S/c1-3-15-13-16-10(2)9-12(17-13)21-14-19-18-11-7-5-4-6-8-20(11)14/h9H,3-8H2,1-2H3,(H,15,16,17). The first-order valence-corrected chi connectivity index (χ1v) is 8.27. The first-order valence-electron chi connectivity index (χ1n) is 7.45. The monoisotopic (exact) mass is 304 g/mol. The molecule has 0 radical (unpaired) electrons. The van der Waals surface area contributed by atoms with Crippen LogP contribution in [-0.2, 0) is 13.0 Å². The van der Waals surface area contributed by atoms with Crippen LogP contribution in [0.15, 0.2) is 16.2 Å². The first kappa shape index (κ1) is 14.3. The van der Waals surface area contributed by atoms with Crippen LogP contribution in [0, 0.1) is 6.92 Å². The fourth-order valence-corrected chi connectivity index (χ4v) is 3.39. The van der Waals surface area contributed by atoms with Crippen LogP contribution in [0.3, 0.4) is 0 Å². The molecular formula is C14H20N6S. The van der Waals surface area contributed by atoms with E-state index in [0.29, 0.717) is 5.95 Å². The third kappa shape index (κ3) is 3.34. The number of rotatable bonds is 4. The topological polar surface area (TPSA) is 68.5 Å². The smallest absolute Gasteiger partial charge is 0.223 e. The molecule has 2 aromatic rings. The summed E-state index contributed by atoms with van der Waals surface area (Å²) in [6.45, 7) is 5.84. The number of fused-ring (bicyclic) bond motifs is 1. The van der Waals surface area contributed by atoms with Crippen molar-refractivity contribution in [3.63, 3.8) is 0 Å². The Morgan fingerprint density at radius 3 is 3.00 bits per heavy atom. The highest BCUT2D eigenvalue weighted by molar-refractivity contribution is 7.99. The Hall–Kier alpha value is -1.63. The predicted molar refractivity (Wildman–Crippen MR) is 82.6 cm³/mol. The molecule has 112 valence electrons. The molecule has 7 heteroatoms. The van der Waals surface area contributed by atoms with Gasteiger partial charge >= 0.3 is 0 Å². The molecule has 0 unspecified atom stereocenters. The molecule has 0 saturated heterocycles. The minimum Gasteiger partial charge on any atom is -0.354 e. The number of nitrogens with zero attached hydrogens (tertiary/aromatic N) is 5. The lowest BCUT2D eigenvalue weighted by molar-refractivity contribution is 0.590. The molecule has 21 heavy (non-hydrogen) atoms. The Bertz CT molecular complexity index is 624. The van der Waals surface area contributed by atoms with Crippen LogP contribution in [-0.4, -0.2) is 31.3 Å². The van der Waals surface area contributed by atoms with Crippen LogP contribution in [0.25, 0.3) is 0 Å². The SMILES string of the molecule is CCNc1nc(C)cc(Sc2nnc3n2CCCCC3)n1. The van der Waals surface area contributed by atoms with Gasteiger partial charge in [-0.25, -0.2) is 9.97 Å². The van der Waals surface area contributed by atoms with Crippen LogP contribution < -0.4 is 5.32 Å². The summed E-state index contributed by atoms with van der Waals surface area (Å²) in [5.74, 6) is 1.78. The maximum atomic E-state index is 4.53. The Labute approximate surface area is 128 Å². The molecule has 3 heterocycles. The molecule has 1 aliphatic rings. The van der Waals surface area contributed by atoms with E-state index in [1.54, 1.807) is 11.8 Å². The van der Waals surface area contributed by atoms with Gasteiger partial charge in [0, 0.05) is 25.2 Å². The average Bonchev–Trinajstić information content (AvgIpc) is 2.68. The van der Waals surface area contributed by atoms with Gasteiger partial charge in [-0.2, -0.15) is 0 Å². The van der Waals surface area contributed by atoms with Gasteiger partial charge in [0.1, 0.15) is 10.9 Å². The third-order valence-corrected chi connectivity index (χ3v) is 4.34. The first-order chi connectivity index (χ1) is 10.3. The largest absolute Gasteiger partial charge is 0.354 e. The van der Waals surface area contributed by atoms with Gasteiger partial charge in [-0.05, 0) is 44.5 Å². The van der Waals surface area contributed by atoms with E-state index in [9.17, 15) is 0 Å². The summed E-state index contributed by atoms with van der Waals surface area (Å²) >= 11 is 1.57. The van der Waals surface area contributed by atoms with Gasteiger partial charge in [-0.3, -0.25) is 0 Å². The van der Waals surface area contributed by atoms with Crippen molar-refractivity contribution in [1.29, 1.82) is 0 Å². The summed E-state index contributed by atoms with van der Waals surface area (Å²) in [4.78, 5) is 8.91. The van der Waals surface area contributed by atoms with E-state index in [1.165, 1.54) is 19.3 Å². The van der Waals surface area contributed by atoms with Gasteiger partial charge in [-0.1, -0.05) is 6.42 Å². The van der Waals surface area contributed by atoms with Crippen LogP contribution in [0.1, 0.15) is 37.7 Å². The zero-order valence-corrected chi connectivity index (χ0v) is 13.3. The highest BCUT2D eigenvalue weighted by Crippen LogP contribution is 2.28. The van der Waals surface area contributed by atoms with Gasteiger partial charge < -0.3 is 9.88 Å². The number of nitrogens with one attached hydrogen (secondary N) is 1. The molecule has 0 aromatic carbocycles. The Balaban J connectivity index is 1.85. The van der Waals surface area contributed by atoms with Crippen LogP contribution >= 0.6 is 11.8 Å². The van der Waals surface area contributed by atoms with Crippen molar-refractivity contribution in [3.8, 4) is 0 Å². The molecule has 3 rings (SSSR count). The molecule has 0 amide bonds. The van der Waals surface area contributed by atoms with Crippen LogP contribution in [0.4, 0.5) is 5.95 Å². The lowest BCUT2D eigenvalue weighted by Gasteiger charge is -2.08. The Morgan fingerprint density at radius 1 is 1.24 bits per heavy atom. The van der Waals surface area contributed by atoms with E-state index in [0.717, 1.165) is 41.2 Å². The summed E-state index contributed by atoms with van der Waals surface area (Å²) in [6, 6.07) is 1.99. The normalized spacial score (nSPS) is 14.6. The lowest BCUT2D eigenvalue weighted by atomic mass is 10.2. The number of aryl methyl sites for hydroxylation is 2.